The lowest BCUT2D eigenvalue weighted by molar-refractivity contribution is -0.134. The van der Waals surface area contributed by atoms with Gasteiger partial charge in [0.1, 0.15) is 11.9 Å². The minimum absolute atomic E-state index is 0.0563. The average molecular weight is 575 g/mol. The number of anilines is 2. The van der Waals surface area contributed by atoms with E-state index in [-0.39, 0.29) is 42.6 Å². The molecule has 0 bridgehead atoms. The number of carboxylic acid groups (broad SMARTS) is 1. The number of amides is 3. The number of aliphatic hydroxyl groups is 1. The van der Waals surface area contributed by atoms with Gasteiger partial charge < -0.3 is 30.5 Å². The fraction of sp³-hybridized carbons (Fsp3) is 0.344. The number of hydrogen-bond acceptors (Lipinski definition) is 6. The molecule has 42 heavy (non-hydrogen) atoms. The summed E-state index contributed by atoms with van der Waals surface area (Å²) in [5.41, 5.74) is 3.02. The Morgan fingerprint density at radius 3 is 2.40 bits per heavy atom. The Labute approximate surface area is 245 Å². The molecule has 3 aromatic rings. The van der Waals surface area contributed by atoms with E-state index in [0.717, 1.165) is 5.56 Å². The molecule has 0 fully saturated rings. The summed E-state index contributed by atoms with van der Waals surface area (Å²) in [6, 6.07) is 20.4. The molecule has 0 aliphatic carbocycles. The van der Waals surface area contributed by atoms with Crippen LogP contribution in [0.1, 0.15) is 35.3 Å². The van der Waals surface area contributed by atoms with Crippen LogP contribution in [0.15, 0.2) is 72.8 Å². The van der Waals surface area contributed by atoms with Gasteiger partial charge in [0, 0.05) is 42.5 Å². The summed E-state index contributed by atoms with van der Waals surface area (Å²) in [5.74, 6) is -0.605. The smallest absolute Gasteiger partial charge is 0.335 e. The maximum atomic E-state index is 13.5. The first-order valence-electron chi connectivity index (χ1n) is 14.0. The zero-order valence-electron chi connectivity index (χ0n) is 24.1. The van der Waals surface area contributed by atoms with Gasteiger partial charge in [-0.3, -0.25) is 9.69 Å². The Morgan fingerprint density at radius 2 is 1.74 bits per heavy atom. The molecule has 1 aliphatic heterocycles. The normalized spacial score (nSPS) is 17.7. The number of carbonyl (C=O) groups excluding carboxylic acids is 2. The first-order chi connectivity index (χ1) is 20.1. The van der Waals surface area contributed by atoms with Crippen molar-refractivity contribution in [3.63, 3.8) is 0 Å². The summed E-state index contributed by atoms with van der Waals surface area (Å²) in [5, 5.41) is 24.7. The van der Waals surface area contributed by atoms with E-state index >= 15 is 0 Å². The maximum Gasteiger partial charge on any atom is 0.335 e. The third kappa shape index (κ3) is 8.08. The third-order valence-electron chi connectivity index (χ3n) is 7.35. The van der Waals surface area contributed by atoms with Gasteiger partial charge in [-0.1, -0.05) is 37.3 Å². The lowest BCUT2D eigenvalue weighted by Crippen LogP contribution is -2.47. The number of carbonyl (C=O) groups is 3. The average Bonchev–Trinajstić information content (AvgIpc) is 3.00. The molecule has 4 rings (SSSR count). The van der Waals surface area contributed by atoms with Crippen molar-refractivity contribution in [2.75, 3.05) is 37.4 Å². The third-order valence-corrected chi connectivity index (χ3v) is 7.35. The summed E-state index contributed by atoms with van der Waals surface area (Å²) in [6.07, 6.45) is -0.243. The number of ether oxygens (including phenoxy) is 1. The van der Waals surface area contributed by atoms with Gasteiger partial charge in [-0.15, -0.1) is 0 Å². The number of fused-ring (bicyclic) bond motifs is 1. The van der Waals surface area contributed by atoms with Crippen molar-refractivity contribution in [1.82, 2.24) is 9.80 Å². The highest BCUT2D eigenvalue weighted by Crippen LogP contribution is 2.29. The molecule has 1 heterocycles. The van der Waals surface area contributed by atoms with E-state index in [2.05, 4.69) is 15.5 Å². The highest BCUT2D eigenvalue weighted by molar-refractivity contribution is 6.00. The number of hydrogen-bond donors (Lipinski definition) is 4. The Hall–Kier alpha value is -4.41. The van der Waals surface area contributed by atoms with Crippen LogP contribution in [0.3, 0.4) is 0 Å². The zero-order valence-corrected chi connectivity index (χ0v) is 24.1. The fourth-order valence-electron chi connectivity index (χ4n) is 4.98. The Morgan fingerprint density at radius 1 is 1.05 bits per heavy atom. The molecule has 0 saturated heterocycles. The van der Waals surface area contributed by atoms with Crippen molar-refractivity contribution in [2.45, 2.75) is 39.0 Å². The maximum absolute atomic E-state index is 13.5. The standard InChI is InChI=1S/C32H38N4O6/c1-21-17-36(22(2)20-37)30(38)16-25-15-27(34-32(41)33-26-7-5-4-6-8-26)13-14-28(25)42-29(21)19-35(3)18-23-9-11-24(12-10-23)31(39)40/h4-15,21-22,29,37H,16-20H2,1-3H3,(H,39,40)(H2,33,34,41)/t21-,22+,29+/m0/s1. The van der Waals surface area contributed by atoms with E-state index < -0.39 is 12.0 Å². The van der Waals surface area contributed by atoms with Crippen LogP contribution in [-0.4, -0.2) is 76.8 Å². The molecule has 0 radical (unpaired) electrons. The van der Waals surface area contributed by atoms with Gasteiger partial charge in [-0.2, -0.15) is 0 Å². The van der Waals surface area contributed by atoms with Crippen LogP contribution in [0.2, 0.25) is 0 Å². The molecule has 10 heteroatoms. The molecule has 3 amide bonds. The summed E-state index contributed by atoms with van der Waals surface area (Å²) in [7, 11) is 1.96. The first kappa shape index (κ1) is 30.5. The molecule has 1 aliphatic rings. The number of urea groups is 1. The number of carboxylic acids is 1. The van der Waals surface area contributed by atoms with Crippen molar-refractivity contribution in [3.8, 4) is 5.75 Å². The topological polar surface area (TPSA) is 131 Å². The van der Waals surface area contributed by atoms with Crippen LogP contribution in [0.4, 0.5) is 16.2 Å². The quantitative estimate of drug-likeness (QED) is 0.300. The lowest BCUT2D eigenvalue weighted by atomic mass is 10.0. The van der Waals surface area contributed by atoms with E-state index in [4.69, 9.17) is 4.74 Å². The van der Waals surface area contributed by atoms with E-state index in [0.29, 0.717) is 42.3 Å². The summed E-state index contributed by atoms with van der Waals surface area (Å²) >= 11 is 0. The van der Waals surface area contributed by atoms with Gasteiger partial charge in [0.15, 0.2) is 0 Å². The predicted octanol–water partition coefficient (Wildman–Crippen LogP) is 4.31. The van der Waals surface area contributed by atoms with Crippen LogP contribution in [0.5, 0.6) is 5.75 Å². The highest BCUT2D eigenvalue weighted by atomic mass is 16.5. The monoisotopic (exact) mass is 574 g/mol. The molecule has 10 nitrogen and oxygen atoms in total. The molecule has 3 aromatic carbocycles. The minimum atomic E-state index is -0.965. The summed E-state index contributed by atoms with van der Waals surface area (Å²) in [6.45, 7) is 5.21. The molecule has 0 unspecified atom stereocenters. The molecular formula is C32H38N4O6. The van der Waals surface area contributed by atoms with Crippen molar-refractivity contribution in [1.29, 1.82) is 0 Å². The van der Waals surface area contributed by atoms with Gasteiger partial charge >= 0.3 is 12.0 Å². The van der Waals surface area contributed by atoms with Gasteiger partial charge in [0.05, 0.1) is 24.6 Å². The van der Waals surface area contributed by atoms with Crippen molar-refractivity contribution >= 4 is 29.3 Å². The van der Waals surface area contributed by atoms with Crippen LogP contribution in [0, 0.1) is 5.92 Å². The van der Waals surface area contributed by atoms with Crippen LogP contribution in [-0.2, 0) is 17.8 Å². The van der Waals surface area contributed by atoms with Crippen LogP contribution < -0.4 is 15.4 Å². The molecule has 4 N–H and O–H groups in total. The number of benzene rings is 3. The van der Waals surface area contributed by atoms with Gasteiger partial charge in [-0.25, -0.2) is 9.59 Å². The Kier molecular flexibility index (Phi) is 10.2. The molecule has 0 spiro atoms. The second-order valence-corrected chi connectivity index (χ2v) is 10.9. The number of para-hydroxylation sites is 1. The van der Waals surface area contributed by atoms with E-state index in [1.54, 1.807) is 59.5 Å². The van der Waals surface area contributed by atoms with Crippen molar-refractivity contribution < 1.29 is 29.3 Å². The Balaban J connectivity index is 1.55. The lowest BCUT2D eigenvalue weighted by Gasteiger charge is -2.34. The SMILES string of the molecule is C[C@H](CO)N1C[C@H](C)[C@@H](CN(C)Cc2ccc(C(=O)O)cc2)Oc2ccc(NC(=O)Nc3ccccc3)cc2CC1=O. The molecular weight excluding hydrogens is 536 g/mol. The fourth-order valence-corrected chi connectivity index (χ4v) is 4.98. The summed E-state index contributed by atoms with van der Waals surface area (Å²) in [4.78, 5) is 41.0. The molecule has 3 atom stereocenters. The largest absolute Gasteiger partial charge is 0.488 e. The van der Waals surface area contributed by atoms with Crippen molar-refractivity contribution in [3.05, 3.63) is 89.5 Å². The van der Waals surface area contributed by atoms with Gasteiger partial charge in [0.25, 0.3) is 0 Å². The van der Waals surface area contributed by atoms with E-state index in [1.807, 2.05) is 39.1 Å². The number of aromatic carboxylic acids is 1. The number of rotatable bonds is 9. The number of nitrogens with one attached hydrogen (secondary N) is 2. The second kappa shape index (κ2) is 14.0. The number of aliphatic hydroxyl groups excluding tert-OH is 1. The van der Waals surface area contributed by atoms with E-state index in [1.165, 1.54) is 0 Å². The first-order valence-corrected chi connectivity index (χ1v) is 14.0. The van der Waals surface area contributed by atoms with Gasteiger partial charge in [0.2, 0.25) is 5.91 Å². The molecule has 0 aromatic heterocycles. The predicted molar refractivity (Wildman–Crippen MR) is 161 cm³/mol. The van der Waals surface area contributed by atoms with E-state index in [9.17, 15) is 24.6 Å². The number of likely N-dealkylation sites (N-methyl/N-ethyl adjacent to an activating group) is 1. The zero-order chi connectivity index (χ0) is 30.2. The second-order valence-electron chi connectivity index (χ2n) is 10.9. The highest BCUT2D eigenvalue weighted by Gasteiger charge is 2.31. The van der Waals surface area contributed by atoms with Crippen molar-refractivity contribution in [2.24, 2.45) is 5.92 Å². The van der Waals surface area contributed by atoms with Gasteiger partial charge in [-0.05, 0) is 62.0 Å². The molecule has 222 valence electrons. The minimum Gasteiger partial charge on any atom is -0.488 e. The molecule has 0 saturated carbocycles. The van der Waals surface area contributed by atoms with Crippen LogP contribution in [0.25, 0.3) is 0 Å². The van der Waals surface area contributed by atoms with Crippen LogP contribution >= 0.6 is 0 Å². The number of nitrogens with zero attached hydrogens (tertiary/aromatic N) is 2. The summed E-state index contributed by atoms with van der Waals surface area (Å²) < 4.78 is 6.56. The Bertz CT molecular complexity index is 1380.